The average molecular weight is 225 g/mol. The van der Waals surface area contributed by atoms with E-state index < -0.39 is 0 Å². The minimum absolute atomic E-state index is 0.575. The summed E-state index contributed by atoms with van der Waals surface area (Å²) in [6, 6.07) is 6.17. The molecule has 0 fully saturated rings. The summed E-state index contributed by atoms with van der Waals surface area (Å²) in [5.74, 6) is 0.575. The lowest BCUT2D eigenvalue weighted by molar-refractivity contribution is 0.618. The highest BCUT2D eigenvalue weighted by atomic mass is 35.5. The first-order chi connectivity index (χ1) is 7.24. The van der Waals surface area contributed by atoms with Gasteiger partial charge in [0.25, 0.3) is 0 Å². The first-order valence-corrected chi connectivity index (χ1v) is 5.76. The molecule has 82 valence electrons. The minimum Gasteiger partial charge on any atom is -0.374 e. The normalized spacial score (nSPS) is 19.4. The number of benzene rings is 1. The molecule has 0 amide bonds. The first-order valence-electron chi connectivity index (χ1n) is 5.38. The van der Waals surface area contributed by atoms with Crippen LogP contribution >= 0.6 is 11.6 Å². The van der Waals surface area contributed by atoms with Crippen LogP contribution in [0, 0.1) is 0 Å². The lowest BCUT2D eigenvalue weighted by atomic mass is 9.98. The van der Waals surface area contributed by atoms with Crippen LogP contribution in [0.25, 0.3) is 0 Å². The number of anilines is 1. The molecule has 1 unspecified atom stereocenters. The molecule has 0 saturated heterocycles. The van der Waals surface area contributed by atoms with E-state index in [1.165, 1.54) is 11.3 Å². The number of nitrogens with one attached hydrogen (secondary N) is 1. The molecule has 15 heavy (non-hydrogen) atoms. The predicted molar refractivity (Wildman–Crippen MR) is 66.0 cm³/mol. The lowest BCUT2D eigenvalue weighted by Gasteiger charge is -2.12. The molecule has 1 N–H and O–H groups in total. The molecular formula is C12H17ClN2. The average Bonchev–Trinajstić information content (AvgIpc) is 2.55. The summed E-state index contributed by atoms with van der Waals surface area (Å²) in [5, 5.41) is 4.11. The van der Waals surface area contributed by atoms with E-state index in [4.69, 9.17) is 11.6 Å². The molecule has 0 radical (unpaired) electrons. The second kappa shape index (κ2) is 4.42. The van der Waals surface area contributed by atoms with Crippen molar-refractivity contribution in [3.05, 3.63) is 28.8 Å². The van der Waals surface area contributed by atoms with Gasteiger partial charge >= 0.3 is 0 Å². The number of hydrogen-bond donors (Lipinski definition) is 1. The molecule has 1 atom stereocenters. The van der Waals surface area contributed by atoms with Crippen LogP contribution in [0.1, 0.15) is 17.9 Å². The van der Waals surface area contributed by atoms with Crippen LogP contribution in [0.2, 0.25) is 5.02 Å². The summed E-state index contributed by atoms with van der Waals surface area (Å²) in [6.07, 6.45) is 1.15. The van der Waals surface area contributed by atoms with Crippen molar-refractivity contribution < 1.29 is 0 Å². The molecule has 3 heteroatoms. The zero-order valence-corrected chi connectivity index (χ0v) is 10.0. The van der Waals surface area contributed by atoms with Gasteiger partial charge in [-0.25, -0.2) is 0 Å². The van der Waals surface area contributed by atoms with Gasteiger partial charge in [0.1, 0.15) is 0 Å². The van der Waals surface area contributed by atoms with Gasteiger partial charge in [-0.1, -0.05) is 17.7 Å². The molecule has 0 saturated carbocycles. The highest BCUT2D eigenvalue weighted by Gasteiger charge is 2.27. The first kappa shape index (κ1) is 10.8. The van der Waals surface area contributed by atoms with Crippen molar-refractivity contribution in [2.75, 3.05) is 32.1 Å². The molecule has 0 aliphatic carbocycles. The zero-order valence-electron chi connectivity index (χ0n) is 9.26. The number of fused-ring (bicyclic) bond motifs is 1. The standard InChI is InChI=1S/C12H17ClN2/c1-14-7-6-9-8-15(2)11-5-3-4-10(13)12(9)11/h3-5,9,14H,6-8H2,1-2H3. The van der Waals surface area contributed by atoms with Crippen LogP contribution in [0.3, 0.4) is 0 Å². The fourth-order valence-corrected chi connectivity index (χ4v) is 2.66. The Hall–Kier alpha value is -0.730. The molecule has 0 spiro atoms. The maximum Gasteiger partial charge on any atom is 0.0462 e. The molecule has 1 aliphatic heterocycles. The molecule has 1 aromatic rings. The summed E-state index contributed by atoms with van der Waals surface area (Å²) in [7, 11) is 4.13. The Labute approximate surface area is 96.2 Å². The van der Waals surface area contributed by atoms with Crippen LogP contribution in [-0.4, -0.2) is 27.2 Å². The zero-order chi connectivity index (χ0) is 10.8. The smallest absolute Gasteiger partial charge is 0.0462 e. The third-order valence-corrected chi connectivity index (χ3v) is 3.42. The highest BCUT2D eigenvalue weighted by molar-refractivity contribution is 6.32. The SMILES string of the molecule is CNCCC1CN(C)c2cccc(Cl)c21. The number of likely N-dealkylation sites (N-methyl/N-ethyl adjacent to an activating group) is 1. The van der Waals surface area contributed by atoms with E-state index in [0.29, 0.717) is 5.92 Å². The fraction of sp³-hybridized carbons (Fsp3) is 0.500. The third-order valence-electron chi connectivity index (χ3n) is 3.09. The monoisotopic (exact) mass is 224 g/mol. The second-order valence-corrected chi connectivity index (χ2v) is 4.55. The van der Waals surface area contributed by atoms with E-state index in [-0.39, 0.29) is 0 Å². The van der Waals surface area contributed by atoms with Crippen LogP contribution in [0.5, 0.6) is 0 Å². The van der Waals surface area contributed by atoms with Crippen molar-refractivity contribution in [1.82, 2.24) is 5.32 Å². The topological polar surface area (TPSA) is 15.3 Å². The van der Waals surface area contributed by atoms with E-state index in [2.05, 4.69) is 23.3 Å². The van der Waals surface area contributed by atoms with Crippen molar-refractivity contribution in [2.45, 2.75) is 12.3 Å². The summed E-state index contributed by atoms with van der Waals surface area (Å²) >= 11 is 6.26. The van der Waals surface area contributed by atoms with Crippen molar-refractivity contribution in [3.63, 3.8) is 0 Å². The molecule has 0 aromatic heterocycles. The minimum atomic E-state index is 0.575. The summed E-state index contributed by atoms with van der Waals surface area (Å²) in [4.78, 5) is 2.29. The quantitative estimate of drug-likeness (QED) is 0.849. The second-order valence-electron chi connectivity index (χ2n) is 4.14. The predicted octanol–water partition coefficient (Wildman–Crippen LogP) is 2.48. The van der Waals surface area contributed by atoms with Gasteiger partial charge in [-0.15, -0.1) is 0 Å². The van der Waals surface area contributed by atoms with Crippen LogP contribution < -0.4 is 10.2 Å². The summed E-state index contributed by atoms with van der Waals surface area (Å²) in [5.41, 5.74) is 2.63. The van der Waals surface area contributed by atoms with E-state index in [0.717, 1.165) is 24.5 Å². The van der Waals surface area contributed by atoms with Crippen molar-refractivity contribution in [1.29, 1.82) is 0 Å². The van der Waals surface area contributed by atoms with Gasteiger partial charge in [0.15, 0.2) is 0 Å². The Bertz CT molecular complexity index is 351. The van der Waals surface area contributed by atoms with Gasteiger partial charge in [0.2, 0.25) is 0 Å². The van der Waals surface area contributed by atoms with E-state index >= 15 is 0 Å². The van der Waals surface area contributed by atoms with Crippen molar-refractivity contribution in [3.8, 4) is 0 Å². The molecule has 1 aliphatic rings. The van der Waals surface area contributed by atoms with E-state index in [1.807, 2.05) is 19.2 Å². The third kappa shape index (κ3) is 1.97. The van der Waals surface area contributed by atoms with Crippen LogP contribution in [0.15, 0.2) is 18.2 Å². The van der Waals surface area contributed by atoms with Gasteiger partial charge in [-0.05, 0) is 37.7 Å². The number of nitrogens with zero attached hydrogens (tertiary/aromatic N) is 1. The van der Waals surface area contributed by atoms with Gasteiger partial charge < -0.3 is 10.2 Å². The fourth-order valence-electron chi connectivity index (χ4n) is 2.34. The van der Waals surface area contributed by atoms with E-state index in [1.54, 1.807) is 0 Å². The Balaban J connectivity index is 2.27. The molecule has 2 rings (SSSR count). The molecule has 1 heterocycles. The van der Waals surface area contributed by atoms with Gasteiger partial charge in [0.05, 0.1) is 0 Å². The van der Waals surface area contributed by atoms with Gasteiger partial charge in [-0.3, -0.25) is 0 Å². The highest BCUT2D eigenvalue weighted by Crippen LogP contribution is 2.41. The Morgan fingerprint density at radius 3 is 3.07 bits per heavy atom. The number of hydrogen-bond acceptors (Lipinski definition) is 2. The van der Waals surface area contributed by atoms with Crippen LogP contribution in [-0.2, 0) is 0 Å². The number of rotatable bonds is 3. The molecular weight excluding hydrogens is 208 g/mol. The Kier molecular flexibility index (Phi) is 3.17. The van der Waals surface area contributed by atoms with E-state index in [9.17, 15) is 0 Å². The summed E-state index contributed by atoms with van der Waals surface area (Å²) < 4.78 is 0. The van der Waals surface area contributed by atoms with Gasteiger partial charge in [-0.2, -0.15) is 0 Å². The van der Waals surface area contributed by atoms with Crippen molar-refractivity contribution in [2.24, 2.45) is 0 Å². The maximum atomic E-state index is 6.26. The largest absolute Gasteiger partial charge is 0.374 e. The maximum absolute atomic E-state index is 6.26. The Morgan fingerprint density at radius 1 is 1.53 bits per heavy atom. The van der Waals surface area contributed by atoms with Gasteiger partial charge in [0, 0.05) is 30.2 Å². The van der Waals surface area contributed by atoms with Crippen LogP contribution in [0.4, 0.5) is 5.69 Å². The van der Waals surface area contributed by atoms with Crippen molar-refractivity contribution >= 4 is 17.3 Å². The summed E-state index contributed by atoms with van der Waals surface area (Å²) in [6.45, 7) is 2.13. The molecule has 0 bridgehead atoms. The Morgan fingerprint density at radius 2 is 2.33 bits per heavy atom. The molecule has 1 aromatic carbocycles. The lowest BCUT2D eigenvalue weighted by Crippen LogP contribution is -2.18. The number of halogens is 1. The molecule has 2 nitrogen and oxygen atoms in total.